The van der Waals surface area contributed by atoms with E-state index in [0.29, 0.717) is 17.0 Å². The van der Waals surface area contributed by atoms with Crippen molar-refractivity contribution < 1.29 is 19.1 Å². The first-order valence-corrected chi connectivity index (χ1v) is 8.42. The fourth-order valence-corrected chi connectivity index (χ4v) is 2.54. The number of ether oxygens (including phenoxy) is 1. The predicted molar refractivity (Wildman–Crippen MR) is 102 cm³/mol. The monoisotopic (exact) mass is 369 g/mol. The molecule has 142 valence electrons. The Bertz CT molecular complexity index is 791. The minimum Gasteiger partial charge on any atom is -0.497 e. The summed E-state index contributed by atoms with van der Waals surface area (Å²) in [6.45, 7) is 1.16. The lowest BCUT2D eigenvalue weighted by atomic mass is 10.0. The minimum absolute atomic E-state index is 0.176. The SMILES string of the molecule is COc1ccc(NC(=O)[C@@H](c2ccccc2)N(C)C(=O)CNC(C)=O)cc1. The first kappa shape index (κ1) is 20.0. The van der Waals surface area contributed by atoms with Gasteiger partial charge in [0.1, 0.15) is 11.8 Å². The smallest absolute Gasteiger partial charge is 0.251 e. The Labute approximate surface area is 158 Å². The molecule has 2 aromatic rings. The number of methoxy groups -OCH3 is 1. The van der Waals surface area contributed by atoms with E-state index in [1.807, 2.05) is 6.07 Å². The van der Waals surface area contributed by atoms with Crippen molar-refractivity contribution in [1.29, 1.82) is 0 Å². The van der Waals surface area contributed by atoms with Crippen LogP contribution in [-0.4, -0.2) is 43.3 Å². The normalized spacial score (nSPS) is 11.2. The summed E-state index contributed by atoms with van der Waals surface area (Å²) in [6, 6.07) is 15.1. The molecule has 27 heavy (non-hydrogen) atoms. The van der Waals surface area contributed by atoms with Crippen LogP contribution in [0.3, 0.4) is 0 Å². The van der Waals surface area contributed by atoms with Gasteiger partial charge in [-0.2, -0.15) is 0 Å². The van der Waals surface area contributed by atoms with Crippen LogP contribution < -0.4 is 15.4 Å². The summed E-state index contributed by atoms with van der Waals surface area (Å²) in [4.78, 5) is 37.7. The largest absolute Gasteiger partial charge is 0.497 e. The van der Waals surface area contributed by atoms with Crippen molar-refractivity contribution in [3.05, 3.63) is 60.2 Å². The molecule has 0 aliphatic heterocycles. The van der Waals surface area contributed by atoms with E-state index in [1.54, 1.807) is 55.6 Å². The molecule has 1 atom stereocenters. The topological polar surface area (TPSA) is 87.7 Å². The highest BCUT2D eigenvalue weighted by Gasteiger charge is 2.28. The maximum atomic E-state index is 12.9. The lowest BCUT2D eigenvalue weighted by Gasteiger charge is -2.28. The number of nitrogens with one attached hydrogen (secondary N) is 2. The van der Waals surface area contributed by atoms with E-state index in [-0.39, 0.29) is 24.3 Å². The van der Waals surface area contributed by atoms with Crippen molar-refractivity contribution in [1.82, 2.24) is 10.2 Å². The van der Waals surface area contributed by atoms with Crippen molar-refractivity contribution in [2.24, 2.45) is 0 Å². The molecule has 2 rings (SSSR count). The van der Waals surface area contributed by atoms with E-state index in [9.17, 15) is 14.4 Å². The Morgan fingerprint density at radius 2 is 1.67 bits per heavy atom. The quantitative estimate of drug-likeness (QED) is 0.781. The summed E-state index contributed by atoms with van der Waals surface area (Å²) in [5.74, 6) is -0.361. The zero-order valence-electron chi connectivity index (χ0n) is 15.6. The molecule has 0 aliphatic carbocycles. The van der Waals surface area contributed by atoms with Gasteiger partial charge in [0.2, 0.25) is 11.8 Å². The van der Waals surface area contributed by atoms with Crippen LogP contribution in [0.15, 0.2) is 54.6 Å². The van der Waals surface area contributed by atoms with E-state index in [0.717, 1.165) is 0 Å². The van der Waals surface area contributed by atoms with Crippen molar-refractivity contribution in [3.63, 3.8) is 0 Å². The average Bonchev–Trinajstić information content (AvgIpc) is 2.67. The second-order valence-electron chi connectivity index (χ2n) is 5.95. The highest BCUT2D eigenvalue weighted by Crippen LogP contribution is 2.23. The molecule has 0 heterocycles. The predicted octanol–water partition coefficient (Wildman–Crippen LogP) is 1.97. The van der Waals surface area contributed by atoms with Gasteiger partial charge >= 0.3 is 0 Å². The molecule has 0 bridgehead atoms. The first-order valence-electron chi connectivity index (χ1n) is 8.42. The van der Waals surface area contributed by atoms with Gasteiger partial charge in [0.25, 0.3) is 5.91 Å². The minimum atomic E-state index is -0.838. The highest BCUT2D eigenvalue weighted by atomic mass is 16.5. The molecule has 0 aromatic heterocycles. The van der Waals surface area contributed by atoms with Crippen LogP contribution in [0.25, 0.3) is 0 Å². The lowest BCUT2D eigenvalue weighted by molar-refractivity contribution is -0.137. The lowest BCUT2D eigenvalue weighted by Crippen LogP contribution is -2.43. The van der Waals surface area contributed by atoms with Gasteiger partial charge in [-0.1, -0.05) is 30.3 Å². The third-order valence-corrected chi connectivity index (χ3v) is 3.99. The van der Waals surface area contributed by atoms with Crippen LogP contribution in [0.1, 0.15) is 18.5 Å². The molecule has 7 nitrogen and oxygen atoms in total. The van der Waals surface area contributed by atoms with E-state index >= 15 is 0 Å². The van der Waals surface area contributed by atoms with E-state index in [1.165, 1.54) is 18.9 Å². The summed E-state index contributed by atoms with van der Waals surface area (Å²) in [7, 11) is 3.10. The number of likely N-dealkylation sites (N-methyl/N-ethyl adjacent to an activating group) is 1. The van der Waals surface area contributed by atoms with Crippen molar-refractivity contribution in [2.75, 3.05) is 26.0 Å². The summed E-state index contributed by atoms with van der Waals surface area (Å²) < 4.78 is 5.11. The molecule has 3 amide bonds. The molecular weight excluding hydrogens is 346 g/mol. The van der Waals surface area contributed by atoms with Gasteiger partial charge in [0.15, 0.2) is 0 Å². The number of rotatable bonds is 7. The molecule has 0 radical (unpaired) electrons. The third-order valence-electron chi connectivity index (χ3n) is 3.99. The van der Waals surface area contributed by atoms with Gasteiger partial charge in [-0.3, -0.25) is 14.4 Å². The van der Waals surface area contributed by atoms with Crippen LogP contribution in [0.4, 0.5) is 5.69 Å². The van der Waals surface area contributed by atoms with Gasteiger partial charge in [-0.15, -0.1) is 0 Å². The summed E-state index contributed by atoms with van der Waals surface area (Å²) in [6.07, 6.45) is 0. The van der Waals surface area contributed by atoms with E-state index < -0.39 is 6.04 Å². The number of amides is 3. The fraction of sp³-hybridized carbons (Fsp3) is 0.250. The number of nitrogens with zero attached hydrogens (tertiary/aromatic N) is 1. The molecular formula is C20H23N3O4. The standard InChI is InChI=1S/C20H23N3O4/c1-14(24)21-13-18(25)23(2)19(15-7-5-4-6-8-15)20(26)22-16-9-11-17(27-3)12-10-16/h4-12,19H,13H2,1-3H3,(H,21,24)(H,22,26)/t19-/m1/s1. The van der Waals surface area contributed by atoms with Gasteiger partial charge < -0.3 is 20.3 Å². The first-order chi connectivity index (χ1) is 12.9. The number of hydrogen-bond acceptors (Lipinski definition) is 4. The molecule has 7 heteroatoms. The fourth-order valence-electron chi connectivity index (χ4n) is 2.54. The number of hydrogen-bond donors (Lipinski definition) is 2. The second-order valence-corrected chi connectivity index (χ2v) is 5.95. The van der Waals surface area contributed by atoms with Crippen LogP contribution in [0.2, 0.25) is 0 Å². The van der Waals surface area contributed by atoms with Crippen molar-refractivity contribution >= 4 is 23.4 Å². The molecule has 2 N–H and O–H groups in total. The number of anilines is 1. The number of carbonyl (C=O) groups is 3. The molecule has 0 spiro atoms. The van der Waals surface area contributed by atoms with Gasteiger partial charge in [-0.25, -0.2) is 0 Å². The van der Waals surface area contributed by atoms with E-state index in [2.05, 4.69) is 10.6 Å². The maximum absolute atomic E-state index is 12.9. The van der Waals surface area contributed by atoms with Crippen molar-refractivity contribution in [2.45, 2.75) is 13.0 Å². The Balaban J connectivity index is 2.22. The van der Waals surface area contributed by atoms with Gasteiger partial charge in [0.05, 0.1) is 13.7 Å². The van der Waals surface area contributed by atoms with Crippen LogP contribution in [0, 0.1) is 0 Å². The molecule has 0 aliphatic rings. The molecule has 0 fully saturated rings. The Morgan fingerprint density at radius 1 is 1.04 bits per heavy atom. The number of benzene rings is 2. The average molecular weight is 369 g/mol. The highest BCUT2D eigenvalue weighted by molar-refractivity contribution is 5.98. The Kier molecular flexibility index (Phi) is 6.93. The summed E-state index contributed by atoms with van der Waals surface area (Å²) >= 11 is 0. The van der Waals surface area contributed by atoms with Gasteiger partial charge in [-0.05, 0) is 29.8 Å². The summed E-state index contributed by atoms with van der Waals surface area (Å²) in [5, 5.41) is 5.27. The van der Waals surface area contributed by atoms with Crippen LogP contribution >= 0.6 is 0 Å². The Hall–Kier alpha value is -3.35. The zero-order chi connectivity index (χ0) is 19.8. The van der Waals surface area contributed by atoms with Crippen molar-refractivity contribution in [3.8, 4) is 5.75 Å². The van der Waals surface area contributed by atoms with Gasteiger partial charge in [0, 0.05) is 19.7 Å². The molecule has 0 saturated heterocycles. The third kappa shape index (κ3) is 5.57. The Morgan fingerprint density at radius 3 is 2.22 bits per heavy atom. The molecule has 2 aromatic carbocycles. The number of carbonyl (C=O) groups excluding carboxylic acids is 3. The molecule has 0 saturated carbocycles. The zero-order valence-corrected chi connectivity index (χ0v) is 15.6. The summed E-state index contributed by atoms with van der Waals surface area (Å²) in [5.41, 5.74) is 1.26. The maximum Gasteiger partial charge on any atom is 0.251 e. The second kappa shape index (κ2) is 9.38. The van der Waals surface area contributed by atoms with E-state index in [4.69, 9.17) is 4.74 Å². The van der Waals surface area contributed by atoms with Crippen LogP contribution in [0.5, 0.6) is 5.75 Å². The van der Waals surface area contributed by atoms with Crippen LogP contribution in [-0.2, 0) is 14.4 Å². The molecule has 0 unspecified atom stereocenters.